The predicted octanol–water partition coefficient (Wildman–Crippen LogP) is 2.54. The molecule has 1 aromatic carbocycles. The number of hydrogen-bond acceptors (Lipinski definition) is 4. The first-order chi connectivity index (χ1) is 13.1. The van der Waals surface area contributed by atoms with Crippen LogP contribution in [0.1, 0.15) is 53.6 Å². The van der Waals surface area contributed by atoms with Gasteiger partial charge in [0.25, 0.3) is 11.8 Å². The summed E-state index contributed by atoms with van der Waals surface area (Å²) in [5.74, 6) is -0.310. The third-order valence-corrected chi connectivity index (χ3v) is 4.90. The number of carbonyl (C=O) groups is 2. The zero-order valence-corrected chi connectivity index (χ0v) is 15.9. The Morgan fingerprint density at radius 2 is 2.11 bits per heavy atom. The minimum atomic E-state index is -0.273. The molecule has 1 aliphatic heterocycles. The van der Waals surface area contributed by atoms with Crippen molar-refractivity contribution in [2.45, 2.75) is 32.7 Å². The average molecular weight is 369 g/mol. The Hall–Kier alpha value is -2.67. The van der Waals surface area contributed by atoms with E-state index in [9.17, 15) is 9.59 Å². The maximum atomic E-state index is 12.5. The minimum Gasteiger partial charge on any atom is -0.339 e. The predicted molar refractivity (Wildman–Crippen MR) is 105 cm³/mol. The van der Waals surface area contributed by atoms with Gasteiger partial charge in [0, 0.05) is 37.1 Å². The average Bonchev–Trinajstić information content (AvgIpc) is 3.20. The SMILES string of the molecule is CCN(CC)C(=O)c1cccc(NC(=O)c2ccn(C3CCCNC3)n2)c1. The highest BCUT2D eigenvalue weighted by Crippen LogP contribution is 2.17. The second-order valence-corrected chi connectivity index (χ2v) is 6.69. The first-order valence-electron chi connectivity index (χ1n) is 9.59. The second-order valence-electron chi connectivity index (χ2n) is 6.69. The molecule has 144 valence electrons. The topological polar surface area (TPSA) is 79.3 Å². The van der Waals surface area contributed by atoms with E-state index in [0.717, 1.165) is 25.9 Å². The zero-order valence-electron chi connectivity index (χ0n) is 15.9. The van der Waals surface area contributed by atoms with Gasteiger partial charge < -0.3 is 15.5 Å². The Morgan fingerprint density at radius 1 is 1.30 bits per heavy atom. The van der Waals surface area contributed by atoms with E-state index in [1.54, 1.807) is 35.2 Å². The summed E-state index contributed by atoms with van der Waals surface area (Å²) in [7, 11) is 0. The first kappa shape index (κ1) is 19.1. The van der Waals surface area contributed by atoms with Gasteiger partial charge in [-0.3, -0.25) is 14.3 Å². The lowest BCUT2D eigenvalue weighted by molar-refractivity contribution is 0.0772. The third-order valence-electron chi connectivity index (χ3n) is 4.90. The van der Waals surface area contributed by atoms with Crippen LogP contribution in [0.3, 0.4) is 0 Å². The van der Waals surface area contributed by atoms with Crippen LogP contribution < -0.4 is 10.6 Å². The van der Waals surface area contributed by atoms with Crippen LogP contribution in [0.5, 0.6) is 0 Å². The van der Waals surface area contributed by atoms with Crippen LogP contribution in [0.2, 0.25) is 0 Å². The fourth-order valence-corrected chi connectivity index (χ4v) is 3.34. The van der Waals surface area contributed by atoms with Crippen molar-refractivity contribution in [3.63, 3.8) is 0 Å². The Bertz CT molecular complexity index is 791. The number of nitrogens with one attached hydrogen (secondary N) is 2. The summed E-state index contributed by atoms with van der Waals surface area (Å²) < 4.78 is 1.86. The summed E-state index contributed by atoms with van der Waals surface area (Å²) >= 11 is 0. The summed E-state index contributed by atoms with van der Waals surface area (Å²) in [4.78, 5) is 26.8. The van der Waals surface area contributed by atoms with Gasteiger partial charge in [-0.05, 0) is 57.5 Å². The van der Waals surface area contributed by atoms with E-state index in [-0.39, 0.29) is 17.9 Å². The van der Waals surface area contributed by atoms with Crippen LogP contribution >= 0.6 is 0 Å². The number of benzene rings is 1. The second kappa shape index (κ2) is 8.81. The number of piperidine rings is 1. The highest BCUT2D eigenvalue weighted by Gasteiger charge is 2.18. The molecule has 0 radical (unpaired) electrons. The summed E-state index contributed by atoms with van der Waals surface area (Å²) in [5, 5.41) is 10.6. The van der Waals surface area contributed by atoms with Gasteiger partial charge in [-0.2, -0.15) is 5.10 Å². The number of hydrogen-bond donors (Lipinski definition) is 2. The summed E-state index contributed by atoms with van der Waals surface area (Å²) in [5.41, 5.74) is 1.53. The lowest BCUT2D eigenvalue weighted by Crippen LogP contribution is -2.32. The first-order valence-corrected chi connectivity index (χ1v) is 9.59. The molecule has 7 nitrogen and oxygen atoms in total. The van der Waals surface area contributed by atoms with Gasteiger partial charge in [-0.1, -0.05) is 6.07 Å². The molecule has 1 atom stereocenters. The minimum absolute atomic E-state index is 0.0369. The molecule has 2 amide bonds. The molecule has 3 rings (SSSR count). The molecule has 1 fully saturated rings. The van der Waals surface area contributed by atoms with E-state index >= 15 is 0 Å². The van der Waals surface area contributed by atoms with Gasteiger partial charge in [-0.15, -0.1) is 0 Å². The van der Waals surface area contributed by atoms with Gasteiger partial charge in [0.2, 0.25) is 0 Å². The van der Waals surface area contributed by atoms with Crippen LogP contribution in [-0.4, -0.2) is 52.7 Å². The van der Waals surface area contributed by atoms with E-state index in [0.29, 0.717) is 30.0 Å². The maximum absolute atomic E-state index is 12.5. The molecule has 0 spiro atoms. The van der Waals surface area contributed by atoms with Gasteiger partial charge in [-0.25, -0.2) is 0 Å². The van der Waals surface area contributed by atoms with Gasteiger partial charge >= 0.3 is 0 Å². The summed E-state index contributed by atoms with van der Waals surface area (Å²) in [6, 6.07) is 9.05. The van der Waals surface area contributed by atoms with E-state index in [2.05, 4.69) is 15.7 Å². The van der Waals surface area contributed by atoms with Crippen molar-refractivity contribution < 1.29 is 9.59 Å². The van der Waals surface area contributed by atoms with Gasteiger partial charge in [0.1, 0.15) is 0 Å². The largest absolute Gasteiger partial charge is 0.339 e. The van der Waals surface area contributed by atoms with Crippen LogP contribution in [-0.2, 0) is 0 Å². The lowest BCUT2D eigenvalue weighted by atomic mass is 10.1. The molecule has 2 N–H and O–H groups in total. The molecule has 2 heterocycles. The van der Waals surface area contributed by atoms with Crippen molar-refractivity contribution in [3.8, 4) is 0 Å². The van der Waals surface area contributed by atoms with Gasteiger partial charge in [0.05, 0.1) is 6.04 Å². The fourth-order valence-electron chi connectivity index (χ4n) is 3.34. The maximum Gasteiger partial charge on any atom is 0.276 e. The van der Waals surface area contributed by atoms with Crippen molar-refractivity contribution in [3.05, 3.63) is 47.8 Å². The standard InChI is InChI=1S/C20H27N5O2/c1-3-24(4-2)20(27)15-7-5-8-16(13-15)22-19(26)18-10-12-25(23-18)17-9-6-11-21-14-17/h5,7-8,10,12-13,17,21H,3-4,6,9,11,14H2,1-2H3,(H,22,26). The Morgan fingerprint density at radius 3 is 2.81 bits per heavy atom. The Balaban J connectivity index is 1.68. The molecule has 27 heavy (non-hydrogen) atoms. The zero-order chi connectivity index (χ0) is 19.2. The van der Waals surface area contributed by atoms with Crippen molar-refractivity contribution >= 4 is 17.5 Å². The van der Waals surface area contributed by atoms with Gasteiger partial charge in [0.15, 0.2) is 5.69 Å². The number of aromatic nitrogens is 2. The quantitative estimate of drug-likeness (QED) is 0.820. The van der Waals surface area contributed by atoms with Crippen molar-refractivity contribution in [1.29, 1.82) is 0 Å². The third kappa shape index (κ3) is 4.54. The van der Waals surface area contributed by atoms with E-state index in [4.69, 9.17) is 0 Å². The van der Waals surface area contributed by atoms with E-state index in [1.807, 2.05) is 24.7 Å². The van der Waals surface area contributed by atoms with E-state index in [1.165, 1.54) is 0 Å². The van der Waals surface area contributed by atoms with Crippen molar-refractivity contribution in [1.82, 2.24) is 20.0 Å². The monoisotopic (exact) mass is 369 g/mol. The number of rotatable bonds is 6. The summed E-state index contributed by atoms with van der Waals surface area (Å²) in [6.45, 7) is 7.11. The smallest absolute Gasteiger partial charge is 0.276 e. The number of carbonyl (C=O) groups excluding carboxylic acids is 2. The number of anilines is 1. The highest BCUT2D eigenvalue weighted by molar-refractivity contribution is 6.03. The fraction of sp³-hybridized carbons (Fsp3) is 0.450. The number of nitrogens with zero attached hydrogens (tertiary/aromatic N) is 3. The Labute approximate surface area is 159 Å². The van der Waals surface area contributed by atoms with E-state index < -0.39 is 0 Å². The molecule has 2 aromatic rings. The van der Waals surface area contributed by atoms with Crippen LogP contribution in [0.15, 0.2) is 36.5 Å². The van der Waals surface area contributed by atoms with Crippen LogP contribution in [0.4, 0.5) is 5.69 Å². The molecular weight excluding hydrogens is 342 g/mol. The molecule has 0 aliphatic carbocycles. The molecule has 1 saturated heterocycles. The van der Waals surface area contributed by atoms with Crippen LogP contribution in [0, 0.1) is 0 Å². The molecule has 1 aromatic heterocycles. The van der Waals surface area contributed by atoms with Crippen LogP contribution in [0.25, 0.3) is 0 Å². The van der Waals surface area contributed by atoms with Crippen molar-refractivity contribution in [2.24, 2.45) is 0 Å². The Kier molecular flexibility index (Phi) is 6.24. The molecular formula is C20H27N5O2. The summed E-state index contributed by atoms with van der Waals surface area (Å²) in [6.07, 6.45) is 4.03. The molecule has 0 saturated carbocycles. The molecule has 7 heteroatoms. The molecule has 0 bridgehead atoms. The molecule has 1 aliphatic rings. The lowest BCUT2D eigenvalue weighted by Gasteiger charge is -2.22. The highest BCUT2D eigenvalue weighted by atomic mass is 16.2. The van der Waals surface area contributed by atoms with Crippen molar-refractivity contribution in [2.75, 3.05) is 31.5 Å². The normalized spacial score (nSPS) is 16.7. The number of amides is 2. The molecule has 1 unspecified atom stereocenters.